The third kappa shape index (κ3) is 3.82. The van der Waals surface area contributed by atoms with Crippen LogP contribution in [0.1, 0.15) is 12.8 Å². The van der Waals surface area contributed by atoms with Crippen molar-refractivity contribution in [2.24, 2.45) is 5.92 Å². The summed E-state index contributed by atoms with van der Waals surface area (Å²) in [4.78, 5) is 21.7. The zero-order chi connectivity index (χ0) is 13.8. The highest BCUT2D eigenvalue weighted by molar-refractivity contribution is 6.31. The Morgan fingerprint density at radius 1 is 1.42 bits per heavy atom. The zero-order valence-electron chi connectivity index (χ0n) is 10.2. The molecule has 1 aromatic rings. The molecule has 0 radical (unpaired) electrons. The average Bonchev–Trinajstić information content (AvgIpc) is 3.18. The molecule has 7 heteroatoms. The molecule has 2 N–H and O–H groups in total. The second-order valence-electron chi connectivity index (χ2n) is 4.41. The number of nitro benzene ring substituents is 1. The summed E-state index contributed by atoms with van der Waals surface area (Å²) in [7, 11) is 0. The van der Waals surface area contributed by atoms with Gasteiger partial charge in [0.25, 0.3) is 5.69 Å². The van der Waals surface area contributed by atoms with E-state index in [2.05, 4.69) is 10.6 Å². The van der Waals surface area contributed by atoms with Gasteiger partial charge in [0, 0.05) is 30.1 Å². The Labute approximate surface area is 115 Å². The summed E-state index contributed by atoms with van der Waals surface area (Å²) in [5, 5.41) is 16.9. The molecule has 1 aromatic carbocycles. The topological polar surface area (TPSA) is 84.3 Å². The van der Waals surface area contributed by atoms with E-state index in [1.165, 1.54) is 18.2 Å². The van der Waals surface area contributed by atoms with Crippen molar-refractivity contribution < 1.29 is 9.72 Å². The summed E-state index contributed by atoms with van der Waals surface area (Å²) in [5.41, 5.74) is 0.330. The fraction of sp³-hybridized carbons (Fsp3) is 0.417. The number of nitro groups is 1. The average molecular weight is 284 g/mol. The highest BCUT2D eigenvalue weighted by atomic mass is 35.5. The minimum absolute atomic E-state index is 0.0297. The zero-order valence-corrected chi connectivity index (χ0v) is 10.9. The van der Waals surface area contributed by atoms with Crippen molar-refractivity contribution in [1.82, 2.24) is 5.32 Å². The maximum absolute atomic E-state index is 11.4. The van der Waals surface area contributed by atoms with Crippen LogP contribution in [0.25, 0.3) is 0 Å². The molecule has 2 rings (SSSR count). The van der Waals surface area contributed by atoms with E-state index < -0.39 is 4.92 Å². The van der Waals surface area contributed by atoms with Gasteiger partial charge in [0.1, 0.15) is 5.69 Å². The summed E-state index contributed by atoms with van der Waals surface area (Å²) < 4.78 is 0. The van der Waals surface area contributed by atoms with Crippen molar-refractivity contribution in [3.63, 3.8) is 0 Å². The number of hydrogen-bond donors (Lipinski definition) is 2. The minimum atomic E-state index is -0.471. The Hall–Kier alpha value is -1.82. The molecule has 1 aliphatic rings. The van der Waals surface area contributed by atoms with E-state index in [9.17, 15) is 14.9 Å². The van der Waals surface area contributed by atoms with Gasteiger partial charge in [0.2, 0.25) is 5.91 Å². The second-order valence-corrected chi connectivity index (χ2v) is 4.85. The third-order valence-electron chi connectivity index (χ3n) is 2.84. The Morgan fingerprint density at radius 3 is 2.79 bits per heavy atom. The predicted octanol–water partition coefficient (Wildman–Crippen LogP) is 2.19. The SMILES string of the molecule is O=C(NCCNc1cc(Cl)ccc1[N+](=O)[O-])C1CC1. The molecule has 1 aliphatic carbocycles. The van der Waals surface area contributed by atoms with Crippen LogP contribution < -0.4 is 10.6 Å². The van der Waals surface area contributed by atoms with Crippen molar-refractivity contribution in [3.05, 3.63) is 33.3 Å². The molecule has 0 heterocycles. The second kappa shape index (κ2) is 5.88. The number of nitrogens with zero attached hydrogens (tertiary/aromatic N) is 1. The van der Waals surface area contributed by atoms with E-state index in [1.807, 2.05) is 0 Å². The maximum atomic E-state index is 11.4. The highest BCUT2D eigenvalue weighted by Gasteiger charge is 2.29. The fourth-order valence-corrected chi connectivity index (χ4v) is 1.85. The molecule has 0 spiro atoms. The quantitative estimate of drug-likeness (QED) is 0.476. The Kier molecular flexibility index (Phi) is 4.21. The predicted molar refractivity (Wildman–Crippen MR) is 72.3 cm³/mol. The third-order valence-corrected chi connectivity index (χ3v) is 3.08. The molecule has 6 nitrogen and oxygen atoms in total. The van der Waals surface area contributed by atoms with Gasteiger partial charge in [-0.05, 0) is 25.0 Å². The smallest absolute Gasteiger partial charge is 0.292 e. The molecule has 0 saturated heterocycles. The van der Waals surface area contributed by atoms with Crippen molar-refractivity contribution in [1.29, 1.82) is 0 Å². The molecule has 0 bridgehead atoms. The van der Waals surface area contributed by atoms with Crippen LogP contribution in [0.2, 0.25) is 5.02 Å². The number of rotatable bonds is 6. The van der Waals surface area contributed by atoms with E-state index in [0.717, 1.165) is 12.8 Å². The van der Waals surface area contributed by atoms with Crippen molar-refractivity contribution >= 4 is 28.9 Å². The van der Waals surface area contributed by atoms with Crippen LogP contribution in [-0.2, 0) is 4.79 Å². The lowest BCUT2D eigenvalue weighted by molar-refractivity contribution is -0.384. The molecular weight excluding hydrogens is 270 g/mol. The van der Waals surface area contributed by atoms with E-state index in [0.29, 0.717) is 23.8 Å². The summed E-state index contributed by atoms with van der Waals surface area (Å²) in [6, 6.07) is 4.33. The van der Waals surface area contributed by atoms with Gasteiger partial charge in [-0.25, -0.2) is 0 Å². The molecular formula is C12H14ClN3O3. The lowest BCUT2D eigenvalue weighted by Crippen LogP contribution is -2.29. The van der Waals surface area contributed by atoms with Gasteiger partial charge in [0.15, 0.2) is 0 Å². The molecule has 19 heavy (non-hydrogen) atoms. The van der Waals surface area contributed by atoms with Crippen LogP contribution >= 0.6 is 11.6 Å². The molecule has 1 amide bonds. The van der Waals surface area contributed by atoms with Crippen molar-refractivity contribution in [2.45, 2.75) is 12.8 Å². The number of carbonyl (C=O) groups excluding carboxylic acids is 1. The van der Waals surface area contributed by atoms with E-state index in [1.54, 1.807) is 0 Å². The van der Waals surface area contributed by atoms with Crippen LogP contribution in [0.5, 0.6) is 0 Å². The van der Waals surface area contributed by atoms with Crippen LogP contribution in [-0.4, -0.2) is 23.9 Å². The van der Waals surface area contributed by atoms with Crippen LogP contribution in [0, 0.1) is 16.0 Å². The number of carbonyl (C=O) groups is 1. The van der Waals surface area contributed by atoms with E-state index >= 15 is 0 Å². The normalized spacial score (nSPS) is 13.9. The number of halogens is 1. The fourth-order valence-electron chi connectivity index (χ4n) is 1.68. The first kappa shape index (κ1) is 13.6. The van der Waals surface area contributed by atoms with Gasteiger partial charge >= 0.3 is 0 Å². The Balaban J connectivity index is 1.85. The van der Waals surface area contributed by atoms with Gasteiger partial charge in [-0.3, -0.25) is 14.9 Å². The number of benzene rings is 1. The molecule has 1 fully saturated rings. The van der Waals surface area contributed by atoms with Gasteiger partial charge in [-0.15, -0.1) is 0 Å². The molecule has 1 saturated carbocycles. The molecule has 0 unspecified atom stereocenters. The summed E-state index contributed by atoms with van der Waals surface area (Å²) in [6.07, 6.45) is 1.91. The highest BCUT2D eigenvalue weighted by Crippen LogP contribution is 2.29. The first-order valence-electron chi connectivity index (χ1n) is 6.03. The van der Waals surface area contributed by atoms with Gasteiger partial charge in [-0.1, -0.05) is 11.6 Å². The lowest BCUT2D eigenvalue weighted by Gasteiger charge is -2.08. The molecule has 0 aliphatic heterocycles. The largest absolute Gasteiger partial charge is 0.378 e. The summed E-state index contributed by atoms with van der Waals surface area (Å²) in [5.74, 6) is 0.225. The summed E-state index contributed by atoms with van der Waals surface area (Å²) in [6.45, 7) is 0.846. The molecule has 102 valence electrons. The number of hydrogen-bond acceptors (Lipinski definition) is 4. The van der Waals surface area contributed by atoms with Gasteiger partial charge < -0.3 is 10.6 Å². The van der Waals surface area contributed by atoms with Crippen molar-refractivity contribution in [3.8, 4) is 0 Å². The standard InChI is InChI=1S/C12H14ClN3O3/c13-9-3-4-11(16(18)19)10(7-9)14-5-6-15-12(17)8-1-2-8/h3-4,7-8,14H,1-2,5-6H2,(H,15,17). The van der Waals surface area contributed by atoms with Crippen molar-refractivity contribution in [2.75, 3.05) is 18.4 Å². The van der Waals surface area contributed by atoms with Gasteiger partial charge in [-0.2, -0.15) is 0 Å². The number of anilines is 1. The van der Waals surface area contributed by atoms with Crippen LogP contribution in [0.3, 0.4) is 0 Å². The molecule has 0 atom stereocenters. The van der Waals surface area contributed by atoms with Crippen LogP contribution in [0.15, 0.2) is 18.2 Å². The summed E-state index contributed by atoms with van der Waals surface area (Å²) >= 11 is 5.80. The first-order chi connectivity index (χ1) is 9.08. The molecule has 0 aromatic heterocycles. The Morgan fingerprint density at radius 2 is 2.16 bits per heavy atom. The van der Waals surface area contributed by atoms with E-state index in [4.69, 9.17) is 11.6 Å². The Bertz CT molecular complexity index is 503. The van der Waals surface area contributed by atoms with E-state index in [-0.39, 0.29) is 17.5 Å². The minimum Gasteiger partial charge on any atom is -0.378 e. The van der Waals surface area contributed by atoms with Crippen LogP contribution in [0.4, 0.5) is 11.4 Å². The number of amides is 1. The monoisotopic (exact) mass is 283 g/mol. The van der Waals surface area contributed by atoms with Gasteiger partial charge in [0.05, 0.1) is 4.92 Å². The first-order valence-corrected chi connectivity index (χ1v) is 6.41. The maximum Gasteiger partial charge on any atom is 0.292 e. The lowest BCUT2D eigenvalue weighted by atomic mass is 10.2. The number of nitrogens with one attached hydrogen (secondary N) is 2.